The van der Waals surface area contributed by atoms with Gasteiger partial charge in [-0.2, -0.15) is 5.10 Å². The van der Waals surface area contributed by atoms with E-state index in [-0.39, 0.29) is 11.8 Å². The molecule has 1 aliphatic rings. The van der Waals surface area contributed by atoms with Crippen LogP contribution in [0.4, 0.5) is 5.69 Å². The molecule has 2 heterocycles. The molecule has 184 valence electrons. The van der Waals surface area contributed by atoms with E-state index in [2.05, 4.69) is 34.8 Å². The second-order valence-corrected chi connectivity index (χ2v) is 9.58. The van der Waals surface area contributed by atoms with Crippen LogP contribution in [-0.2, 0) is 0 Å². The largest absolute Gasteiger partial charge is 0.382 e. The summed E-state index contributed by atoms with van der Waals surface area (Å²) >= 11 is 0. The summed E-state index contributed by atoms with van der Waals surface area (Å²) in [4.78, 5) is 29.3. The van der Waals surface area contributed by atoms with Crippen molar-refractivity contribution in [3.8, 4) is 22.5 Å². The lowest BCUT2D eigenvalue weighted by molar-refractivity contribution is 0.0947. The van der Waals surface area contributed by atoms with Crippen LogP contribution in [0.15, 0.2) is 60.8 Å². The van der Waals surface area contributed by atoms with E-state index in [4.69, 9.17) is 5.10 Å². The second-order valence-electron chi connectivity index (χ2n) is 9.58. The lowest BCUT2D eigenvalue weighted by atomic mass is 10.1. The number of nitrogens with one attached hydrogen (secondary N) is 3. The van der Waals surface area contributed by atoms with Crippen LogP contribution in [0, 0.1) is 5.92 Å². The van der Waals surface area contributed by atoms with E-state index in [0.717, 1.165) is 47.6 Å². The summed E-state index contributed by atoms with van der Waals surface area (Å²) in [6.45, 7) is 5.08. The van der Waals surface area contributed by atoms with Crippen LogP contribution in [-0.4, -0.2) is 46.0 Å². The number of hydrogen-bond acceptors (Lipinski definition) is 5. The average Bonchev–Trinajstić information content (AvgIpc) is 3.61. The molecule has 0 bridgehead atoms. The summed E-state index contributed by atoms with van der Waals surface area (Å²) in [5.74, 6) is 0.256. The Bertz CT molecular complexity index is 1420. The average molecular weight is 483 g/mol. The number of imidazole rings is 1. The Labute approximate surface area is 210 Å². The fourth-order valence-corrected chi connectivity index (χ4v) is 4.00. The highest BCUT2D eigenvalue weighted by Crippen LogP contribution is 2.29. The minimum absolute atomic E-state index is 0.0428. The molecule has 8 nitrogen and oxygen atoms in total. The van der Waals surface area contributed by atoms with Gasteiger partial charge in [-0.25, -0.2) is 9.50 Å². The quantitative estimate of drug-likeness (QED) is 0.346. The number of aromatic nitrogens is 3. The summed E-state index contributed by atoms with van der Waals surface area (Å²) in [5, 5.41) is 14.1. The number of carbonyl (C=O) groups is 2. The van der Waals surface area contributed by atoms with Crippen LogP contribution in [0.5, 0.6) is 0 Å². The SMILES string of the molecule is CNC(=O)c1cccc(-c2cc(NCC(C)C)c3ncc(-c4ccc(C(=O)NC5CC5)cc4)n3n2)c1. The molecule has 2 amide bonds. The Balaban J connectivity index is 1.56. The highest BCUT2D eigenvalue weighted by Gasteiger charge is 2.24. The molecule has 4 aromatic rings. The van der Waals surface area contributed by atoms with Crippen molar-refractivity contribution in [2.24, 2.45) is 5.92 Å². The Kier molecular flexibility index (Phi) is 6.41. The van der Waals surface area contributed by atoms with Crippen molar-refractivity contribution in [3.63, 3.8) is 0 Å². The van der Waals surface area contributed by atoms with Gasteiger partial charge in [0.2, 0.25) is 0 Å². The number of fused-ring (bicyclic) bond motifs is 1. The Hall–Kier alpha value is -4.20. The Morgan fingerprint density at radius 1 is 1.00 bits per heavy atom. The van der Waals surface area contributed by atoms with Crippen LogP contribution in [0.2, 0.25) is 0 Å². The van der Waals surface area contributed by atoms with Crippen molar-refractivity contribution in [2.45, 2.75) is 32.7 Å². The van der Waals surface area contributed by atoms with Gasteiger partial charge in [0, 0.05) is 41.9 Å². The summed E-state index contributed by atoms with van der Waals surface area (Å²) in [7, 11) is 1.62. The predicted octanol–water partition coefficient (Wildman–Crippen LogP) is 4.38. The van der Waals surface area contributed by atoms with E-state index >= 15 is 0 Å². The molecule has 0 saturated heterocycles. The van der Waals surface area contributed by atoms with Crippen molar-refractivity contribution >= 4 is 23.1 Å². The maximum Gasteiger partial charge on any atom is 0.251 e. The van der Waals surface area contributed by atoms with Crippen molar-refractivity contribution < 1.29 is 9.59 Å². The van der Waals surface area contributed by atoms with Gasteiger partial charge in [0.05, 0.1) is 23.3 Å². The highest BCUT2D eigenvalue weighted by molar-refractivity contribution is 5.96. The third-order valence-corrected chi connectivity index (χ3v) is 6.17. The van der Waals surface area contributed by atoms with Crippen LogP contribution in [0.1, 0.15) is 47.4 Å². The summed E-state index contributed by atoms with van der Waals surface area (Å²) in [5.41, 5.74) is 6.06. The number of hydrogen-bond donors (Lipinski definition) is 3. The van der Waals surface area contributed by atoms with Crippen LogP contribution >= 0.6 is 0 Å². The normalized spacial score (nSPS) is 13.1. The zero-order valence-corrected chi connectivity index (χ0v) is 20.7. The number of amides is 2. The van der Waals surface area contributed by atoms with E-state index < -0.39 is 0 Å². The van der Waals surface area contributed by atoms with Gasteiger partial charge in [-0.1, -0.05) is 38.1 Å². The van der Waals surface area contributed by atoms with Crippen molar-refractivity contribution in [3.05, 3.63) is 71.9 Å². The molecule has 0 aliphatic heterocycles. The highest BCUT2D eigenvalue weighted by atomic mass is 16.2. The number of rotatable bonds is 8. The topological polar surface area (TPSA) is 100 Å². The van der Waals surface area contributed by atoms with Crippen LogP contribution in [0.25, 0.3) is 28.2 Å². The molecule has 0 atom stereocenters. The van der Waals surface area contributed by atoms with Gasteiger partial charge in [-0.05, 0) is 49.1 Å². The molecule has 36 heavy (non-hydrogen) atoms. The van der Waals surface area contributed by atoms with E-state index in [1.807, 2.05) is 53.0 Å². The molecular formula is C28H30N6O2. The van der Waals surface area contributed by atoms with Gasteiger partial charge in [0.1, 0.15) is 0 Å². The van der Waals surface area contributed by atoms with Gasteiger partial charge in [0.25, 0.3) is 11.8 Å². The number of nitrogens with zero attached hydrogens (tertiary/aromatic N) is 3. The molecule has 8 heteroatoms. The second kappa shape index (κ2) is 9.81. The molecule has 0 unspecified atom stereocenters. The molecule has 1 fully saturated rings. The summed E-state index contributed by atoms with van der Waals surface area (Å²) in [6.07, 6.45) is 3.91. The maximum atomic E-state index is 12.4. The first-order valence-electron chi connectivity index (χ1n) is 12.3. The summed E-state index contributed by atoms with van der Waals surface area (Å²) < 4.78 is 1.82. The lowest BCUT2D eigenvalue weighted by Crippen LogP contribution is -2.25. The molecular weight excluding hydrogens is 452 g/mol. The predicted molar refractivity (Wildman–Crippen MR) is 141 cm³/mol. The third kappa shape index (κ3) is 4.93. The Morgan fingerprint density at radius 3 is 2.47 bits per heavy atom. The monoisotopic (exact) mass is 482 g/mol. The molecule has 1 saturated carbocycles. The number of carbonyl (C=O) groups excluding carboxylic acids is 2. The van der Waals surface area contributed by atoms with Crippen molar-refractivity contribution in [1.29, 1.82) is 0 Å². The van der Waals surface area contributed by atoms with E-state index in [0.29, 0.717) is 28.7 Å². The van der Waals surface area contributed by atoms with Gasteiger partial charge >= 0.3 is 0 Å². The van der Waals surface area contributed by atoms with Crippen molar-refractivity contribution in [2.75, 3.05) is 18.9 Å². The molecule has 3 N–H and O–H groups in total. The first kappa shape index (κ1) is 23.5. The van der Waals surface area contributed by atoms with Crippen LogP contribution < -0.4 is 16.0 Å². The van der Waals surface area contributed by atoms with E-state index in [9.17, 15) is 9.59 Å². The fourth-order valence-electron chi connectivity index (χ4n) is 4.00. The van der Waals surface area contributed by atoms with Gasteiger partial charge in [-0.15, -0.1) is 0 Å². The standard InChI is InChI=1S/C28H30N6O2/c1-17(2)15-30-24-14-23(20-5-4-6-21(13-20)27(35)29-3)33-34-25(16-31-26(24)34)18-7-9-19(10-8-18)28(36)32-22-11-12-22/h4-10,13-14,16-17,22,30H,11-12,15H2,1-3H3,(H,29,35)(H,32,36). The minimum atomic E-state index is -0.148. The van der Waals surface area contributed by atoms with Gasteiger partial charge in [-0.3, -0.25) is 9.59 Å². The molecule has 1 aliphatic carbocycles. The zero-order valence-electron chi connectivity index (χ0n) is 20.7. The molecule has 5 rings (SSSR count). The molecule has 2 aromatic heterocycles. The van der Waals surface area contributed by atoms with E-state index in [1.165, 1.54) is 0 Å². The van der Waals surface area contributed by atoms with Crippen LogP contribution in [0.3, 0.4) is 0 Å². The van der Waals surface area contributed by atoms with Gasteiger partial charge < -0.3 is 16.0 Å². The first-order valence-corrected chi connectivity index (χ1v) is 12.3. The first-order chi connectivity index (χ1) is 17.4. The zero-order chi connectivity index (χ0) is 25.2. The lowest BCUT2D eigenvalue weighted by Gasteiger charge is -2.13. The minimum Gasteiger partial charge on any atom is -0.382 e. The van der Waals surface area contributed by atoms with Crippen molar-refractivity contribution in [1.82, 2.24) is 25.2 Å². The number of benzene rings is 2. The Morgan fingerprint density at radius 2 is 1.78 bits per heavy atom. The number of anilines is 1. The maximum absolute atomic E-state index is 12.4. The smallest absolute Gasteiger partial charge is 0.251 e. The molecule has 0 spiro atoms. The molecule has 2 aromatic carbocycles. The summed E-state index contributed by atoms with van der Waals surface area (Å²) in [6, 6.07) is 17.2. The molecule has 0 radical (unpaired) electrons. The van der Waals surface area contributed by atoms with E-state index in [1.54, 1.807) is 19.3 Å². The third-order valence-electron chi connectivity index (χ3n) is 6.17. The fraction of sp³-hybridized carbons (Fsp3) is 0.286. The van der Waals surface area contributed by atoms with Gasteiger partial charge in [0.15, 0.2) is 5.65 Å².